The van der Waals surface area contributed by atoms with Crippen molar-refractivity contribution in [2.45, 2.75) is 0 Å². The maximum Gasteiger partial charge on any atom is 0.0548 e. The normalized spacial score (nSPS) is 11.0. The fourth-order valence-electron chi connectivity index (χ4n) is 2.83. The molecule has 100 valence electrons. The highest BCUT2D eigenvalue weighted by Crippen LogP contribution is 2.32. The van der Waals surface area contributed by atoms with Gasteiger partial charge in [0.05, 0.1) is 11.2 Å². The van der Waals surface area contributed by atoms with Crippen LogP contribution >= 0.6 is 12.2 Å². The summed E-state index contributed by atoms with van der Waals surface area (Å²) >= 11 is 5.51. The molecule has 0 saturated carbocycles. The largest absolute Gasteiger partial charge is 0.309 e. The minimum Gasteiger partial charge on any atom is -0.309 e. The number of para-hydroxylation sites is 2. The van der Waals surface area contributed by atoms with Gasteiger partial charge in [-0.2, -0.15) is 0 Å². The van der Waals surface area contributed by atoms with Crippen molar-refractivity contribution in [2.75, 3.05) is 0 Å². The number of pyridine rings is 1. The fraction of sp³-hybridized carbons (Fsp3) is 0. The molecular weight excluding hydrogens is 274 g/mol. The van der Waals surface area contributed by atoms with E-state index >= 15 is 0 Å². The smallest absolute Gasteiger partial charge is 0.0548 e. The van der Waals surface area contributed by atoms with Crippen molar-refractivity contribution in [3.05, 3.63) is 83.4 Å². The molecule has 0 saturated heterocycles. The lowest BCUT2D eigenvalue weighted by molar-refractivity contribution is 1.11. The van der Waals surface area contributed by atoms with Crippen LogP contribution in [0.5, 0.6) is 0 Å². The van der Waals surface area contributed by atoms with Crippen LogP contribution in [0.3, 0.4) is 0 Å². The molecule has 1 heterocycles. The number of aromatic nitrogens is 1. The van der Waals surface area contributed by atoms with E-state index in [2.05, 4.69) is 65.2 Å². The average molecular weight is 287 g/mol. The number of benzene rings is 3. The van der Waals surface area contributed by atoms with E-state index in [0.717, 1.165) is 21.5 Å². The first-order chi connectivity index (χ1) is 10.3. The van der Waals surface area contributed by atoms with Crippen molar-refractivity contribution in [1.82, 2.24) is 4.57 Å². The molecule has 2 aliphatic rings. The Morgan fingerprint density at radius 3 is 2.33 bits per heavy atom. The summed E-state index contributed by atoms with van der Waals surface area (Å²) in [5, 5.41) is 1.20. The number of rotatable bonds is 1. The average Bonchev–Trinajstić information content (AvgIpc) is 2.54. The first-order valence-electron chi connectivity index (χ1n) is 6.93. The SMILES string of the molecule is S=c1cccc2n(-c3ccccc3)c3ccccc3cc1-2. The maximum absolute atomic E-state index is 5.51. The van der Waals surface area contributed by atoms with Gasteiger partial charge < -0.3 is 4.57 Å². The van der Waals surface area contributed by atoms with Crippen molar-refractivity contribution >= 4 is 23.1 Å². The first kappa shape index (κ1) is 12.3. The summed E-state index contributed by atoms with van der Waals surface area (Å²) in [6.07, 6.45) is 0. The number of hydrogen-bond donors (Lipinski definition) is 0. The molecule has 0 unspecified atom stereocenters. The van der Waals surface area contributed by atoms with Gasteiger partial charge in [-0.15, -0.1) is 0 Å². The predicted molar refractivity (Wildman–Crippen MR) is 90.7 cm³/mol. The van der Waals surface area contributed by atoms with Crippen LogP contribution in [0.25, 0.3) is 27.8 Å². The number of hydrogen-bond acceptors (Lipinski definition) is 1. The number of fused-ring (bicyclic) bond motifs is 2. The Labute approximate surface area is 128 Å². The second-order valence-corrected chi connectivity index (χ2v) is 5.50. The van der Waals surface area contributed by atoms with E-state index in [1.54, 1.807) is 0 Å². The van der Waals surface area contributed by atoms with Crippen molar-refractivity contribution in [1.29, 1.82) is 0 Å². The predicted octanol–water partition coefficient (Wildman–Crippen LogP) is 5.46. The molecule has 2 aromatic carbocycles. The van der Waals surface area contributed by atoms with Crippen molar-refractivity contribution in [3.8, 4) is 16.9 Å². The van der Waals surface area contributed by atoms with Crippen molar-refractivity contribution in [2.24, 2.45) is 0 Å². The van der Waals surface area contributed by atoms with Gasteiger partial charge in [0.15, 0.2) is 0 Å². The Hall–Kier alpha value is -2.45. The molecule has 0 spiro atoms. The molecule has 0 fully saturated rings. The Morgan fingerprint density at radius 2 is 1.48 bits per heavy atom. The van der Waals surface area contributed by atoms with Gasteiger partial charge in [0.1, 0.15) is 0 Å². The van der Waals surface area contributed by atoms with E-state index < -0.39 is 0 Å². The van der Waals surface area contributed by atoms with E-state index in [0.29, 0.717) is 0 Å². The van der Waals surface area contributed by atoms with Gasteiger partial charge in [0.2, 0.25) is 0 Å². The zero-order chi connectivity index (χ0) is 14.2. The van der Waals surface area contributed by atoms with E-state index in [1.165, 1.54) is 10.9 Å². The first-order valence-corrected chi connectivity index (χ1v) is 7.34. The highest BCUT2D eigenvalue weighted by Gasteiger charge is 2.12. The van der Waals surface area contributed by atoms with Crippen LogP contribution in [0.2, 0.25) is 0 Å². The summed E-state index contributed by atoms with van der Waals surface area (Å²) in [6.45, 7) is 0. The van der Waals surface area contributed by atoms with Crippen LogP contribution in [0.1, 0.15) is 0 Å². The topological polar surface area (TPSA) is 4.93 Å². The van der Waals surface area contributed by atoms with Crippen LogP contribution in [0.15, 0.2) is 78.9 Å². The zero-order valence-electron chi connectivity index (χ0n) is 11.4. The van der Waals surface area contributed by atoms with E-state index in [-0.39, 0.29) is 0 Å². The van der Waals surface area contributed by atoms with Crippen LogP contribution < -0.4 is 0 Å². The zero-order valence-corrected chi connectivity index (χ0v) is 12.2. The molecule has 0 N–H and O–H groups in total. The summed E-state index contributed by atoms with van der Waals surface area (Å²) in [6, 6.07) is 27.2. The van der Waals surface area contributed by atoms with Crippen molar-refractivity contribution < 1.29 is 0 Å². The second kappa shape index (κ2) is 4.83. The summed E-state index contributed by atoms with van der Waals surface area (Å²) in [5.74, 6) is 0. The Morgan fingerprint density at radius 1 is 0.714 bits per heavy atom. The van der Waals surface area contributed by atoms with Crippen LogP contribution in [0, 0.1) is 4.51 Å². The molecule has 1 nitrogen and oxygen atoms in total. The number of nitrogens with zero attached hydrogens (tertiary/aromatic N) is 1. The molecule has 21 heavy (non-hydrogen) atoms. The fourth-order valence-corrected chi connectivity index (χ4v) is 3.07. The third kappa shape index (κ3) is 1.96. The van der Waals surface area contributed by atoms with Gasteiger partial charge in [-0.05, 0) is 41.8 Å². The molecule has 2 aromatic rings. The van der Waals surface area contributed by atoms with Gasteiger partial charge in [-0.1, -0.05) is 54.7 Å². The molecular formula is C19H13NS. The van der Waals surface area contributed by atoms with Crippen LogP contribution in [-0.2, 0) is 0 Å². The van der Waals surface area contributed by atoms with Gasteiger partial charge in [-0.25, -0.2) is 0 Å². The summed E-state index contributed by atoms with van der Waals surface area (Å²) in [5.41, 5.74) is 4.61. The summed E-state index contributed by atoms with van der Waals surface area (Å²) in [4.78, 5) is 0. The minimum absolute atomic E-state index is 0.892. The third-order valence-corrected chi connectivity index (χ3v) is 4.13. The molecule has 0 amide bonds. The lowest BCUT2D eigenvalue weighted by Gasteiger charge is -2.19. The van der Waals surface area contributed by atoms with Gasteiger partial charge in [0, 0.05) is 15.8 Å². The quantitative estimate of drug-likeness (QED) is 0.332. The summed E-state index contributed by atoms with van der Waals surface area (Å²) in [7, 11) is 0. The van der Waals surface area contributed by atoms with E-state index in [1.807, 2.05) is 18.2 Å². The standard InChI is InChI=1S/C19H13NS/c21-19-12-6-11-18-16(19)13-14-7-4-5-10-17(14)20(18)15-8-2-1-3-9-15/h1-13H. The Bertz CT molecular complexity index is 954. The minimum atomic E-state index is 0.892. The molecule has 0 radical (unpaired) electrons. The molecule has 1 aliphatic carbocycles. The van der Waals surface area contributed by atoms with E-state index in [9.17, 15) is 0 Å². The highest BCUT2D eigenvalue weighted by molar-refractivity contribution is 7.71. The maximum atomic E-state index is 5.51. The lowest BCUT2D eigenvalue weighted by Crippen LogP contribution is -2.03. The molecule has 0 atom stereocenters. The molecule has 0 aromatic heterocycles. The van der Waals surface area contributed by atoms with Gasteiger partial charge in [0.25, 0.3) is 0 Å². The Balaban J connectivity index is 2.24. The molecule has 1 aliphatic heterocycles. The van der Waals surface area contributed by atoms with E-state index in [4.69, 9.17) is 12.2 Å². The lowest BCUT2D eigenvalue weighted by atomic mass is 10.0. The Kier molecular flexibility index (Phi) is 2.83. The van der Waals surface area contributed by atoms with Gasteiger partial charge >= 0.3 is 0 Å². The van der Waals surface area contributed by atoms with Crippen LogP contribution in [-0.4, -0.2) is 4.57 Å². The monoisotopic (exact) mass is 287 g/mol. The van der Waals surface area contributed by atoms with Crippen molar-refractivity contribution in [3.63, 3.8) is 0 Å². The molecule has 0 bridgehead atoms. The molecule has 4 rings (SSSR count). The van der Waals surface area contributed by atoms with Crippen LogP contribution in [0.4, 0.5) is 0 Å². The summed E-state index contributed by atoms with van der Waals surface area (Å²) < 4.78 is 3.17. The third-order valence-electron chi connectivity index (χ3n) is 3.78. The molecule has 2 heteroatoms. The second-order valence-electron chi connectivity index (χ2n) is 5.06. The highest BCUT2D eigenvalue weighted by atomic mass is 32.1. The van der Waals surface area contributed by atoms with Gasteiger partial charge in [-0.3, -0.25) is 0 Å².